The summed E-state index contributed by atoms with van der Waals surface area (Å²) in [6, 6.07) is 0. The molecular weight excluding hydrogens is 204 g/mol. The summed E-state index contributed by atoms with van der Waals surface area (Å²) in [4.78, 5) is 11.8. The lowest BCUT2D eigenvalue weighted by Crippen LogP contribution is -2.41. The monoisotopic (exact) mass is 228 g/mol. The summed E-state index contributed by atoms with van der Waals surface area (Å²) in [5.41, 5.74) is -0.818. The molecule has 0 aliphatic heterocycles. The quantitative estimate of drug-likeness (QED) is 0.735. The van der Waals surface area contributed by atoms with Gasteiger partial charge in [0.15, 0.2) is 0 Å². The number of rotatable bonds is 5. The van der Waals surface area contributed by atoms with Gasteiger partial charge in [-0.3, -0.25) is 4.79 Å². The summed E-state index contributed by atoms with van der Waals surface area (Å²) < 4.78 is 5.04. The average molecular weight is 228 g/mol. The first-order valence-electron chi connectivity index (χ1n) is 6.46. The van der Waals surface area contributed by atoms with E-state index in [1.54, 1.807) is 6.92 Å². The van der Waals surface area contributed by atoms with E-state index in [4.69, 9.17) is 4.74 Å². The molecule has 94 valence electrons. The van der Waals surface area contributed by atoms with E-state index in [1.807, 2.05) is 6.92 Å². The zero-order valence-corrected chi connectivity index (χ0v) is 10.7. The third-order valence-corrected chi connectivity index (χ3v) is 3.83. The summed E-state index contributed by atoms with van der Waals surface area (Å²) >= 11 is 0. The van der Waals surface area contributed by atoms with Gasteiger partial charge in [-0.05, 0) is 38.5 Å². The molecular formula is C13H24O3. The van der Waals surface area contributed by atoms with Crippen LogP contribution in [0.3, 0.4) is 0 Å². The maximum absolute atomic E-state index is 11.8. The van der Waals surface area contributed by atoms with Crippen molar-refractivity contribution < 1.29 is 14.6 Å². The van der Waals surface area contributed by atoms with Crippen LogP contribution in [0.15, 0.2) is 0 Å². The van der Waals surface area contributed by atoms with E-state index in [2.05, 4.69) is 6.92 Å². The average Bonchev–Trinajstić information content (AvgIpc) is 2.62. The molecule has 1 aliphatic rings. The van der Waals surface area contributed by atoms with E-state index >= 15 is 0 Å². The third kappa shape index (κ3) is 2.76. The van der Waals surface area contributed by atoms with Crippen LogP contribution in [0.2, 0.25) is 0 Å². The Kier molecular flexibility index (Phi) is 4.78. The molecule has 3 atom stereocenters. The van der Waals surface area contributed by atoms with Gasteiger partial charge in [-0.25, -0.2) is 0 Å². The largest absolute Gasteiger partial charge is 0.466 e. The topological polar surface area (TPSA) is 46.5 Å². The molecule has 0 amide bonds. The van der Waals surface area contributed by atoms with Crippen molar-refractivity contribution in [2.24, 2.45) is 11.8 Å². The minimum absolute atomic E-state index is 0.232. The normalized spacial score (nSPS) is 31.4. The van der Waals surface area contributed by atoms with Gasteiger partial charge in [0.25, 0.3) is 0 Å². The van der Waals surface area contributed by atoms with Crippen LogP contribution in [0, 0.1) is 11.8 Å². The van der Waals surface area contributed by atoms with Crippen LogP contribution >= 0.6 is 0 Å². The lowest BCUT2D eigenvalue weighted by Gasteiger charge is -2.30. The number of ether oxygens (including phenoxy) is 1. The van der Waals surface area contributed by atoms with E-state index in [0.717, 1.165) is 25.7 Å². The fraction of sp³-hybridized carbons (Fsp3) is 0.923. The van der Waals surface area contributed by atoms with Crippen LogP contribution in [0.25, 0.3) is 0 Å². The first-order chi connectivity index (χ1) is 7.57. The zero-order valence-electron chi connectivity index (χ0n) is 10.7. The standard InChI is InChI=1S/C13H24O3/c1-4-10-7-8-13(15,9-10)11(5-2)12(14)16-6-3/h10-11,15H,4-9H2,1-3H3. The van der Waals surface area contributed by atoms with E-state index in [1.165, 1.54) is 0 Å². The van der Waals surface area contributed by atoms with Gasteiger partial charge in [0.2, 0.25) is 0 Å². The Labute approximate surface area is 98.2 Å². The van der Waals surface area contributed by atoms with Crippen LogP contribution in [-0.2, 0) is 9.53 Å². The van der Waals surface area contributed by atoms with Crippen LogP contribution in [0.1, 0.15) is 52.9 Å². The molecule has 0 radical (unpaired) electrons. The number of hydrogen-bond acceptors (Lipinski definition) is 3. The Hall–Kier alpha value is -0.570. The number of carbonyl (C=O) groups is 1. The molecule has 0 aromatic heterocycles. The molecule has 0 spiro atoms. The molecule has 1 aliphatic carbocycles. The van der Waals surface area contributed by atoms with Gasteiger partial charge in [0, 0.05) is 0 Å². The fourth-order valence-electron chi connectivity index (χ4n) is 2.83. The highest BCUT2D eigenvalue weighted by atomic mass is 16.5. The molecule has 0 saturated heterocycles. The Morgan fingerprint density at radius 3 is 2.62 bits per heavy atom. The second-order valence-corrected chi connectivity index (χ2v) is 4.83. The summed E-state index contributed by atoms with van der Waals surface area (Å²) in [5.74, 6) is -0.0123. The lowest BCUT2D eigenvalue weighted by atomic mass is 9.83. The van der Waals surface area contributed by atoms with Crippen molar-refractivity contribution in [1.82, 2.24) is 0 Å². The molecule has 0 bridgehead atoms. The molecule has 3 nitrogen and oxygen atoms in total. The predicted octanol–water partition coefficient (Wildman–Crippen LogP) is 2.52. The van der Waals surface area contributed by atoms with Crippen LogP contribution < -0.4 is 0 Å². The van der Waals surface area contributed by atoms with Gasteiger partial charge in [-0.2, -0.15) is 0 Å². The van der Waals surface area contributed by atoms with E-state index < -0.39 is 5.60 Å². The summed E-state index contributed by atoms with van der Waals surface area (Å²) in [6.07, 6.45) is 4.26. The molecule has 1 N–H and O–H groups in total. The number of hydrogen-bond donors (Lipinski definition) is 1. The number of esters is 1. The minimum Gasteiger partial charge on any atom is -0.466 e. The SMILES string of the molecule is CCOC(=O)C(CC)C1(O)CCC(CC)C1. The van der Waals surface area contributed by atoms with Crippen molar-refractivity contribution in [3.05, 3.63) is 0 Å². The summed E-state index contributed by atoms with van der Waals surface area (Å²) in [7, 11) is 0. The maximum atomic E-state index is 11.8. The van der Waals surface area contributed by atoms with Gasteiger partial charge >= 0.3 is 5.97 Å². The van der Waals surface area contributed by atoms with Gasteiger partial charge in [0.05, 0.1) is 18.1 Å². The molecule has 1 fully saturated rings. The van der Waals surface area contributed by atoms with E-state index in [-0.39, 0.29) is 11.9 Å². The van der Waals surface area contributed by atoms with Crippen LogP contribution in [0.4, 0.5) is 0 Å². The van der Waals surface area contributed by atoms with Crippen LogP contribution in [0.5, 0.6) is 0 Å². The van der Waals surface area contributed by atoms with Crippen LogP contribution in [-0.4, -0.2) is 23.3 Å². The minimum atomic E-state index is -0.818. The highest BCUT2D eigenvalue weighted by Crippen LogP contribution is 2.42. The summed E-state index contributed by atoms with van der Waals surface area (Å²) in [6.45, 7) is 6.28. The van der Waals surface area contributed by atoms with Crippen molar-refractivity contribution in [2.75, 3.05) is 6.61 Å². The first-order valence-corrected chi connectivity index (χ1v) is 6.46. The Balaban J connectivity index is 2.68. The van der Waals surface area contributed by atoms with Crippen molar-refractivity contribution in [1.29, 1.82) is 0 Å². The number of carbonyl (C=O) groups excluding carboxylic acids is 1. The second-order valence-electron chi connectivity index (χ2n) is 4.83. The predicted molar refractivity (Wildman–Crippen MR) is 63.0 cm³/mol. The van der Waals surface area contributed by atoms with E-state index in [0.29, 0.717) is 18.9 Å². The Morgan fingerprint density at radius 1 is 1.50 bits per heavy atom. The van der Waals surface area contributed by atoms with Crippen molar-refractivity contribution in [2.45, 2.75) is 58.5 Å². The second kappa shape index (κ2) is 5.67. The van der Waals surface area contributed by atoms with Gasteiger partial charge in [-0.15, -0.1) is 0 Å². The fourth-order valence-corrected chi connectivity index (χ4v) is 2.83. The maximum Gasteiger partial charge on any atom is 0.311 e. The zero-order chi connectivity index (χ0) is 12.2. The Morgan fingerprint density at radius 2 is 2.19 bits per heavy atom. The molecule has 0 aromatic carbocycles. The van der Waals surface area contributed by atoms with Crippen molar-refractivity contribution >= 4 is 5.97 Å². The molecule has 3 unspecified atom stereocenters. The smallest absolute Gasteiger partial charge is 0.311 e. The first kappa shape index (κ1) is 13.5. The number of aliphatic hydroxyl groups is 1. The van der Waals surface area contributed by atoms with Gasteiger partial charge in [0.1, 0.15) is 0 Å². The molecule has 0 heterocycles. The molecule has 3 heteroatoms. The van der Waals surface area contributed by atoms with Gasteiger partial charge < -0.3 is 9.84 Å². The summed E-state index contributed by atoms with van der Waals surface area (Å²) in [5, 5.41) is 10.5. The van der Waals surface area contributed by atoms with Crippen molar-refractivity contribution in [3.8, 4) is 0 Å². The lowest BCUT2D eigenvalue weighted by molar-refractivity contribution is -0.158. The van der Waals surface area contributed by atoms with E-state index in [9.17, 15) is 9.90 Å². The molecule has 1 saturated carbocycles. The molecule has 0 aromatic rings. The van der Waals surface area contributed by atoms with Gasteiger partial charge in [-0.1, -0.05) is 20.3 Å². The highest BCUT2D eigenvalue weighted by molar-refractivity contribution is 5.73. The molecule has 16 heavy (non-hydrogen) atoms. The molecule has 1 rings (SSSR count). The Bertz CT molecular complexity index is 239. The third-order valence-electron chi connectivity index (χ3n) is 3.83. The highest BCUT2D eigenvalue weighted by Gasteiger charge is 2.46. The van der Waals surface area contributed by atoms with Crippen molar-refractivity contribution in [3.63, 3.8) is 0 Å².